The standard InChI is InChI=1S/C24H18BrCl2NO4S/c25-17-3-1-2-16(14-17)23-21(24(29)30)12-13-22(15-4-6-18(26)7-5-15)28(23)33(31,32)20-10-8-19(27)9-11-20/h1-12,14,22-23H,13H2,(H,29,30). The molecule has 2 atom stereocenters. The normalized spacial score (nSPS) is 19.2. The van der Waals surface area contributed by atoms with E-state index in [1.807, 2.05) is 0 Å². The van der Waals surface area contributed by atoms with Crippen LogP contribution in [0.25, 0.3) is 0 Å². The first-order chi connectivity index (χ1) is 15.7. The number of hydrogen-bond acceptors (Lipinski definition) is 3. The Morgan fingerprint density at radius 1 is 0.939 bits per heavy atom. The lowest BCUT2D eigenvalue weighted by atomic mass is 9.89. The molecule has 5 nitrogen and oxygen atoms in total. The van der Waals surface area contributed by atoms with E-state index in [0.717, 1.165) is 0 Å². The van der Waals surface area contributed by atoms with Gasteiger partial charge in [-0.05, 0) is 66.1 Å². The maximum absolute atomic E-state index is 14.0. The van der Waals surface area contributed by atoms with E-state index >= 15 is 0 Å². The van der Waals surface area contributed by atoms with Gasteiger partial charge in [0.1, 0.15) is 0 Å². The zero-order chi connectivity index (χ0) is 23.8. The van der Waals surface area contributed by atoms with Crippen molar-refractivity contribution in [3.8, 4) is 0 Å². The molecule has 3 aromatic carbocycles. The molecule has 33 heavy (non-hydrogen) atoms. The predicted octanol–water partition coefficient (Wildman–Crippen LogP) is 6.64. The molecule has 0 amide bonds. The van der Waals surface area contributed by atoms with Gasteiger partial charge in [0, 0.05) is 14.5 Å². The third-order valence-corrected chi connectivity index (χ3v) is 8.36. The van der Waals surface area contributed by atoms with Crippen LogP contribution in [0, 0.1) is 0 Å². The van der Waals surface area contributed by atoms with Gasteiger partial charge in [-0.2, -0.15) is 4.31 Å². The minimum absolute atomic E-state index is 0.00384. The molecule has 9 heteroatoms. The van der Waals surface area contributed by atoms with Crippen molar-refractivity contribution in [2.45, 2.75) is 23.4 Å². The molecule has 1 heterocycles. The average Bonchev–Trinajstić information content (AvgIpc) is 2.79. The van der Waals surface area contributed by atoms with Crippen LogP contribution in [0.4, 0.5) is 0 Å². The molecule has 0 saturated heterocycles. The first-order valence-electron chi connectivity index (χ1n) is 9.92. The second kappa shape index (κ2) is 9.60. The summed E-state index contributed by atoms with van der Waals surface area (Å²) in [5.74, 6) is -1.18. The SMILES string of the molecule is O=C(O)C1=CCC(c2ccc(Cl)cc2)N(S(=O)(=O)c2ccc(Cl)cc2)C1c1cccc(Br)c1. The fourth-order valence-corrected chi connectivity index (χ4v) is 6.43. The minimum atomic E-state index is -4.14. The number of hydrogen-bond donors (Lipinski definition) is 1. The quantitative estimate of drug-likeness (QED) is 0.375. The molecular formula is C24H18BrCl2NO4S. The Labute approximate surface area is 210 Å². The molecule has 4 rings (SSSR count). The van der Waals surface area contributed by atoms with Crippen LogP contribution < -0.4 is 0 Å². The van der Waals surface area contributed by atoms with Gasteiger partial charge < -0.3 is 5.11 Å². The Bertz CT molecular complexity index is 1330. The summed E-state index contributed by atoms with van der Waals surface area (Å²) in [6, 6.07) is 18.0. The summed E-state index contributed by atoms with van der Waals surface area (Å²) in [7, 11) is -4.14. The van der Waals surface area contributed by atoms with Crippen LogP contribution in [-0.4, -0.2) is 23.8 Å². The fraction of sp³-hybridized carbons (Fsp3) is 0.125. The van der Waals surface area contributed by atoms with Crippen LogP contribution in [-0.2, 0) is 14.8 Å². The van der Waals surface area contributed by atoms with Gasteiger partial charge in [-0.15, -0.1) is 0 Å². The summed E-state index contributed by atoms with van der Waals surface area (Å²) in [5.41, 5.74) is 1.24. The van der Waals surface area contributed by atoms with Crippen LogP contribution in [0.2, 0.25) is 10.0 Å². The number of nitrogens with zero attached hydrogens (tertiary/aromatic N) is 1. The summed E-state index contributed by atoms with van der Waals surface area (Å²) in [6.45, 7) is 0. The van der Waals surface area contributed by atoms with Crippen molar-refractivity contribution in [1.29, 1.82) is 0 Å². The van der Waals surface area contributed by atoms with Crippen LogP contribution >= 0.6 is 39.1 Å². The summed E-state index contributed by atoms with van der Waals surface area (Å²) in [4.78, 5) is 12.3. The zero-order valence-corrected chi connectivity index (χ0v) is 20.9. The number of sulfonamides is 1. The Hall–Kier alpha value is -2.16. The van der Waals surface area contributed by atoms with Crippen molar-refractivity contribution in [2.24, 2.45) is 0 Å². The topological polar surface area (TPSA) is 74.7 Å². The molecule has 0 radical (unpaired) electrons. The van der Waals surface area contributed by atoms with E-state index in [0.29, 0.717) is 25.6 Å². The van der Waals surface area contributed by atoms with Crippen molar-refractivity contribution in [3.63, 3.8) is 0 Å². The van der Waals surface area contributed by atoms with Gasteiger partial charge in [-0.25, -0.2) is 13.2 Å². The number of benzene rings is 3. The Balaban J connectivity index is 1.97. The molecule has 0 spiro atoms. The Kier molecular flexibility index (Phi) is 6.98. The Morgan fingerprint density at radius 3 is 2.12 bits per heavy atom. The van der Waals surface area contributed by atoms with Crippen molar-refractivity contribution in [3.05, 3.63) is 110 Å². The molecule has 170 valence electrons. The average molecular weight is 567 g/mol. The molecule has 0 fully saturated rings. The van der Waals surface area contributed by atoms with Gasteiger partial charge in [0.25, 0.3) is 0 Å². The largest absolute Gasteiger partial charge is 0.478 e. The molecule has 1 aliphatic rings. The molecule has 0 aliphatic carbocycles. The molecular weight excluding hydrogens is 549 g/mol. The van der Waals surface area contributed by atoms with Crippen molar-refractivity contribution < 1.29 is 18.3 Å². The summed E-state index contributed by atoms with van der Waals surface area (Å²) < 4.78 is 30.0. The molecule has 0 saturated carbocycles. The molecule has 1 aliphatic heterocycles. The number of carboxylic acids is 1. The van der Waals surface area contributed by atoms with Gasteiger partial charge in [0.2, 0.25) is 10.0 Å². The number of rotatable bonds is 5. The van der Waals surface area contributed by atoms with E-state index < -0.39 is 28.1 Å². The molecule has 0 bridgehead atoms. The number of halogens is 3. The highest BCUT2D eigenvalue weighted by Crippen LogP contribution is 2.46. The monoisotopic (exact) mass is 565 g/mol. The summed E-state index contributed by atoms with van der Waals surface area (Å²) >= 11 is 15.4. The summed E-state index contributed by atoms with van der Waals surface area (Å²) in [6.07, 6.45) is 1.79. The van der Waals surface area contributed by atoms with Crippen LogP contribution in [0.3, 0.4) is 0 Å². The Morgan fingerprint density at radius 2 is 1.55 bits per heavy atom. The number of aliphatic carboxylic acids is 1. The van der Waals surface area contributed by atoms with E-state index in [9.17, 15) is 18.3 Å². The van der Waals surface area contributed by atoms with Gasteiger partial charge in [-0.1, -0.05) is 69.5 Å². The van der Waals surface area contributed by atoms with Crippen molar-refractivity contribution in [1.82, 2.24) is 4.31 Å². The van der Waals surface area contributed by atoms with Gasteiger partial charge in [0.05, 0.1) is 22.6 Å². The van der Waals surface area contributed by atoms with Crippen LogP contribution in [0.1, 0.15) is 29.6 Å². The van der Waals surface area contributed by atoms with E-state index in [1.165, 1.54) is 28.6 Å². The lowest BCUT2D eigenvalue weighted by Crippen LogP contribution is -2.42. The van der Waals surface area contributed by atoms with Gasteiger partial charge in [0.15, 0.2) is 0 Å². The lowest BCUT2D eigenvalue weighted by Gasteiger charge is -2.40. The maximum Gasteiger partial charge on any atom is 0.333 e. The van der Waals surface area contributed by atoms with Crippen molar-refractivity contribution >= 4 is 55.1 Å². The first-order valence-corrected chi connectivity index (χ1v) is 12.9. The second-order valence-corrected chi connectivity index (χ2v) is 11.1. The van der Waals surface area contributed by atoms with Crippen LogP contribution in [0.5, 0.6) is 0 Å². The number of carbonyl (C=O) groups is 1. The fourth-order valence-electron chi connectivity index (χ4n) is 3.98. The highest BCUT2D eigenvalue weighted by atomic mass is 79.9. The molecule has 3 aromatic rings. The zero-order valence-electron chi connectivity index (χ0n) is 17.0. The summed E-state index contributed by atoms with van der Waals surface area (Å²) in [5, 5.41) is 10.9. The number of carboxylic acid groups (broad SMARTS) is 1. The maximum atomic E-state index is 14.0. The third-order valence-electron chi connectivity index (χ3n) is 5.47. The van der Waals surface area contributed by atoms with E-state index in [4.69, 9.17) is 23.2 Å². The van der Waals surface area contributed by atoms with Crippen molar-refractivity contribution in [2.75, 3.05) is 0 Å². The predicted molar refractivity (Wildman–Crippen MR) is 132 cm³/mol. The molecule has 1 N–H and O–H groups in total. The van der Waals surface area contributed by atoms with E-state index in [-0.39, 0.29) is 16.9 Å². The van der Waals surface area contributed by atoms with Crippen LogP contribution in [0.15, 0.2) is 93.8 Å². The minimum Gasteiger partial charge on any atom is -0.478 e. The molecule has 0 aromatic heterocycles. The van der Waals surface area contributed by atoms with E-state index in [2.05, 4.69) is 15.9 Å². The van der Waals surface area contributed by atoms with Gasteiger partial charge >= 0.3 is 5.97 Å². The highest BCUT2D eigenvalue weighted by Gasteiger charge is 2.44. The lowest BCUT2D eigenvalue weighted by molar-refractivity contribution is -0.133. The van der Waals surface area contributed by atoms with E-state index in [1.54, 1.807) is 54.6 Å². The molecule has 2 unspecified atom stereocenters. The van der Waals surface area contributed by atoms with Gasteiger partial charge in [-0.3, -0.25) is 0 Å². The smallest absolute Gasteiger partial charge is 0.333 e. The second-order valence-electron chi connectivity index (χ2n) is 7.51. The first kappa shape index (κ1) is 24.0. The third kappa shape index (κ3) is 4.88. The highest BCUT2D eigenvalue weighted by molar-refractivity contribution is 9.10.